The third kappa shape index (κ3) is 4.23. The number of nitrogens with one attached hydrogen (secondary N) is 1. The third-order valence-corrected chi connectivity index (χ3v) is 3.33. The summed E-state index contributed by atoms with van der Waals surface area (Å²) in [4.78, 5) is 20.5. The van der Waals surface area contributed by atoms with Crippen LogP contribution in [0.15, 0.2) is 54.7 Å². The minimum absolute atomic E-state index is 0.127. The topological polar surface area (TPSA) is 64.1 Å². The molecule has 25 heavy (non-hydrogen) atoms. The summed E-state index contributed by atoms with van der Waals surface area (Å²) in [6, 6.07) is 12.2. The van der Waals surface area contributed by atoms with Crippen LogP contribution in [0, 0.1) is 0 Å². The van der Waals surface area contributed by atoms with Crippen molar-refractivity contribution >= 4 is 16.9 Å². The molecule has 0 aliphatic heterocycles. The first-order chi connectivity index (χ1) is 11.9. The zero-order valence-electron chi connectivity index (χ0n) is 12.7. The van der Waals surface area contributed by atoms with Crippen molar-refractivity contribution < 1.29 is 22.7 Å². The van der Waals surface area contributed by atoms with Crippen LogP contribution >= 0.6 is 0 Å². The Labute approximate surface area is 140 Å². The second-order valence-electron chi connectivity index (χ2n) is 5.08. The predicted molar refractivity (Wildman–Crippen MR) is 83.8 cm³/mol. The van der Waals surface area contributed by atoms with Crippen LogP contribution in [0.3, 0.4) is 0 Å². The van der Waals surface area contributed by atoms with E-state index < -0.39 is 12.3 Å². The van der Waals surface area contributed by atoms with Crippen LogP contribution in [-0.2, 0) is 6.54 Å². The van der Waals surface area contributed by atoms with Crippen LogP contribution < -0.4 is 10.1 Å². The van der Waals surface area contributed by atoms with Crippen molar-refractivity contribution in [2.75, 3.05) is 0 Å². The molecule has 3 aromatic rings. The second kappa shape index (κ2) is 6.76. The summed E-state index contributed by atoms with van der Waals surface area (Å²) in [6.07, 6.45) is -3.19. The maximum atomic E-state index is 12.4. The molecule has 0 radical (unpaired) electrons. The average Bonchev–Trinajstić information content (AvgIpc) is 2.59. The van der Waals surface area contributed by atoms with E-state index in [0.717, 1.165) is 0 Å². The number of carbonyl (C=O) groups is 1. The van der Waals surface area contributed by atoms with Gasteiger partial charge in [-0.15, -0.1) is 13.2 Å². The van der Waals surface area contributed by atoms with Gasteiger partial charge in [0.25, 0.3) is 5.91 Å². The van der Waals surface area contributed by atoms with Gasteiger partial charge in [0, 0.05) is 18.3 Å². The fourth-order valence-electron chi connectivity index (χ4n) is 2.22. The monoisotopic (exact) mass is 347 g/mol. The fourth-order valence-corrected chi connectivity index (χ4v) is 2.22. The van der Waals surface area contributed by atoms with E-state index in [-0.39, 0.29) is 23.6 Å². The maximum Gasteiger partial charge on any atom is 0.573 e. The van der Waals surface area contributed by atoms with Gasteiger partial charge in [-0.05, 0) is 30.3 Å². The molecule has 5 nitrogen and oxygen atoms in total. The zero-order valence-corrected chi connectivity index (χ0v) is 12.7. The molecular weight excluding hydrogens is 335 g/mol. The molecule has 128 valence electrons. The molecule has 1 amide bonds. The number of hydrogen-bond donors (Lipinski definition) is 1. The first-order valence-electron chi connectivity index (χ1n) is 7.26. The Morgan fingerprint density at radius 3 is 2.64 bits per heavy atom. The number of benzene rings is 1. The first-order valence-corrected chi connectivity index (χ1v) is 7.26. The van der Waals surface area contributed by atoms with Crippen LogP contribution in [0.5, 0.6) is 5.75 Å². The highest BCUT2D eigenvalue weighted by Gasteiger charge is 2.32. The smallest absolute Gasteiger partial charge is 0.405 e. The number of aromatic nitrogens is 2. The molecule has 2 heterocycles. The number of hydrogen-bond acceptors (Lipinski definition) is 4. The van der Waals surface area contributed by atoms with E-state index >= 15 is 0 Å². The highest BCUT2D eigenvalue weighted by Crippen LogP contribution is 2.26. The SMILES string of the molecule is O=C(NCc1ccccc1OC(F)(F)F)c1ccc2ncccc2n1. The van der Waals surface area contributed by atoms with Gasteiger partial charge in [-0.1, -0.05) is 18.2 Å². The molecule has 2 aromatic heterocycles. The molecule has 3 rings (SSSR count). The lowest BCUT2D eigenvalue weighted by Gasteiger charge is -2.13. The summed E-state index contributed by atoms with van der Waals surface area (Å²) < 4.78 is 41.2. The number of ether oxygens (including phenoxy) is 1. The number of pyridine rings is 2. The van der Waals surface area contributed by atoms with Crippen LogP contribution in [0.2, 0.25) is 0 Å². The van der Waals surface area contributed by atoms with E-state index in [9.17, 15) is 18.0 Å². The lowest BCUT2D eigenvalue weighted by atomic mass is 10.2. The van der Waals surface area contributed by atoms with Crippen molar-refractivity contribution in [3.63, 3.8) is 0 Å². The van der Waals surface area contributed by atoms with Gasteiger partial charge in [0.1, 0.15) is 11.4 Å². The molecule has 8 heteroatoms. The van der Waals surface area contributed by atoms with Crippen molar-refractivity contribution in [3.8, 4) is 5.75 Å². The predicted octanol–water partition coefficient (Wildman–Crippen LogP) is 3.46. The number of rotatable bonds is 4. The molecule has 1 aromatic carbocycles. The maximum absolute atomic E-state index is 12.4. The summed E-state index contributed by atoms with van der Waals surface area (Å²) >= 11 is 0. The van der Waals surface area contributed by atoms with Crippen LogP contribution in [-0.4, -0.2) is 22.2 Å². The zero-order chi connectivity index (χ0) is 17.9. The highest BCUT2D eigenvalue weighted by molar-refractivity contribution is 5.94. The van der Waals surface area contributed by atoms with E-state index in [1.165, 1.54) is 24.3 Å². The van der Waals surface area contributed by atoms with Crippen molar-refractivity contribution in [2.45, 2.75) is 12.9 Å². The molecule has 0 aliphatic carbocycles. The van der Waals surface area contributed by atoms with E-state index in [0.29, 0.717) is 11.0 Å². The Morgan fingerprint density at radius 1 is 1.04 bits per heavy atom. The van der Waals surface area contributed by atoms with E-state index in [4.69, 9.17) is 0 Å². The lowest BCUT2D eigenvalue weighted by molar-refractivity contribution is -0.274. The van der Waals surface area contributed by atoms with Gasteiger partial charge >= 0.3 is 6.36 Å². The number of alkyl halides is 3. The second-order valence-corrected chi connectivity index (χ2v) is 5.08. The third-order valence-electron chi connectivity index (χ3n) is 3.33. The van der Waals surface area contributed by atoms with Gasteiger partial charge < -0.3 is 10.1 Å². The lowest BCUT2D eigenvalue weighted by Crippen LogP contribution is -2.25. The molecule has 0 spiro atoms. The molecule has 0 unspecified atom stereocenters. The van der Waals surface area contributed by atoms with Crippen molar-refractivity contribution in [1.82, 2.24) is 15.3 Å². The van der Waals surface area contributed by atoms with Gasteiger partial charge in [-0.25, -0.2) is 4.98 Å². The van der Waals surface area contributed by atoms with Gasteiger partial charge in [-0.2, -0.15) is 0 Å². The van der Waals surface area contributed by atoms with Gasteiger partial charge in [0.2, 0.25) is 0 Å². The minimum atomic E-state index is -4.80. The fraction of sp³-hybridized carbons (Fsp3) is 0.118. The highest BCUT2D eigenvalue weighted by atomic mass is 19.4. The van der Waals surface area contributed by atoms with Gasteiger partial charge in [0.05, 0.1) is 11.0 Å². The summed E-state index contributed by atoms with van der Waals surface area (Å²) in [5.41, 5.74) is 1.55. The molecule has 0 aliphatic rings. The molecular formula is C17H12F3N3O2. The molecule has 1 N–H and O–H groups in total. The van der Waals surface area contributed by atoms with Crippen LogP contribution in [0.25, 0.3) is 11.0 Å². The molecule has 0 saturated carbocycles. The Bertz CT molecular complexity index is 913. The summed E-state index contributed by atoms with van der Waals surface area (Å²) in [7, 11) is 0. The summed E-state index contributed by atoms with van der Waals surface area (Å²) in [5, 5.41) is 2.54. The number of halogens is 3. The van der Waals surface area contributed by atoms with Crippen molar-refractivity contribution in [3.05, 3.63) is 66.0 Å². The first kappa shape index (κ1) is 16.7. The Kier molecular flexibility index (Phi) is 4.51. The van der Waals surface area contributed by atoms with Crippen LogP contribution in [0.4, 0.5) is 13.2 Å². The van der Waals surface area contributed by atoms with Crippen LogP contribution in [0.1, 0.15) is 16.1 Å². The number of amides is 1. The Balaban J connectivity index is 1.73. The molecule has 0 fully saturated rings. The molecule has 0 saturated heterocycles. The summed E-state index contributed by atoms with van der Waals surface area (Å²) in [6.45, 7) is -0.127. The normalized spacial score (nSPS) is 11.3. The van der Waals surface area contributed by atoms with E-state index in [1.807, 2.05) is 0 Å². The molecule has 0 bridgehead atoms. The largest absolute Gasteiger partial charge is 0.573 e. The van der Waals surface area contributed by atoms with Crippen molar-refractivity contribution in [1.29, 1.82) is 0 Å². The minimum Gasteiger partial charge on any atom is -0.405 e. The standard InChI is InChI=1S/C17H12F3N3O2/c18-17(19,20)25-15-6-2-1-4-11(15)10-22-16(24)14-8-7-12-13(23-14)5-3-9-21-12/h1-9H,10H2,(H,22,24). The Hall–Kier alpha value is -3.16. The number of fused-ring (bicyclic) bond motifs is 1. The van der Waals surface area contributed by atoms with Crippen molar-refractivity contribution in [2.24, 2.45) is 0 Å². The molecule has 0 atom stereocenters. The number of carbonyl (C=O) groups excluding carboxylic acids is 1. The summed E-state index contributed by atoms with van der Waals surface area (Å²) in [5.74, 6) is -0.862. The average molecular weight is 347 g/mol. The van der Waals surface area contributed by atoms with E-state index in [2.05, 4.69) is 20.0 Å². The number of nitrogens with zero attached hydrogens (tertiary/aromatic N) is 2. The van der Waals surface area contributed by atoms with Gasteiger partial charge in [-0.3, -0.25) is 9.78 Å². The quantitative estimate of drug-likeness (QED) is 0.785. The Morgan fingerprint density at radius 2 is 1.84 bits per heavy atom. The van der Waals surface area contributed by atoms with E-state index in [1.54, 1.807) is 30.5 Å². The number of para-hydroxylation sites is 1. The van der Waals surface area contributed by atoms with Gasteiger partial charge in [0.15, 0.2) is 0 Å².